The number of likely N-dealkylation sites (N-methyl/N-ethyl adjacent to an activating group) is 2. The lowest BCUT2D eigenvalue weighted by Gasteiger charge is -2.27. The molecule has 0 amide bonds. The van der Waals surface area contributed by atoms with Crippen molar-refractivity contribution in [1.29, 1.82) is 0 Å². The predicted octanol–water partition coefficient (Wildman–Crippen LogP) is 2.17. The number of nitrogens with zero attached hydrogens (tertiary/aromatic N) is 1. The molecule has 1 aliphatic rings. The van der Waals surface area contributed by atoms with Crippen LogP contribution in [-0.2, 0) is 11.2 Å². The van der Waals surface area contributed by atoms with Gasteiger partial charge in [0.15, 0.2) is 0 Å². The van der Waals surface area contributed by atoms with Crippen LogP contribution >= 0.6 is 0 Å². The van der Waals surface area contributed by atoms with Crippen LogP contribution < -0.4 is 5.32 Å². The van der Waals surface area contributed by atoms with E-state index in [1.807, 2.05) is 7.05 Å². The largest absolute Gasteiger partial charge is 0.312 e. The summed E-state index contributed by atoms with van der Waals surface area (Å²) in [7, 11) is 4.23. The number of nitrogens with one attached hydrogen (secondary N) is 1. The smallest absolute Gasteiger partial charge is 0.119 e. The fraction of sp³-hybridized carbons (Fsp3) is 0.562. The van der Waals surface area contributed by atoms with Gasteiger partial charge in [-0.2, -0.15) is 0 Å². The third-order valence-corrected chi connectivity index (χ3v) is 4.19. The van der Waals surface area contributed by atoms with Gasteiger partial charge in [-0.25, -0.2) is 0 Å². The fourth-order valence-corrected chi connectivity index (χ4v) is 3.01. The van der Waals surface area contributed by atoms with Crippen molar-refractivity contribution in [3.8, 4) is 0 Å². The van der Waals surface area contributed by atoms with Crippen LogP contribution in [-0.4, -0.2) is 37.9 Å². The summed E-state index contributed by atoms with van der Waals surface area (Å²) in [5.41, 5.74) is 2.87. The molecule has 0 spiro atoms. The van der Waals surface area contributed by atoms with E-state index < -0.39 is 0 Å². The van der Waals surface area contributed by atoms with E-state index >= 15 is 0 Å². The second-order valence-corrected chi connectivity index (χ2v) is 5.44. The van der Waals surface area contributed by atoms with Crippen molar-refractivity contribution < 1.29 is 4.79 Å². The molecule has 1 heterocycles. The summed E-state index contributed by atoms with van der Waals surface area (Å²) in [4.78, 5) is 12.9. The third kappa shape index (κ3) is 3.43. The van der Waals surface area contributed by atoms with Crippen molar-refractivity contribution in [3.63, 3.8) is 0 Å². The van der Waals surface area contributed by atoms with Crippen LogP contribution in [0.5, 0.6) is 0 Å². The Bertz CT molecular complexity index is 419. The van der Waals surface area contributed by atoms with Crippen LogP contribution in [0.2, 0.25) is 0 Å². The molecule has 0 fully saturated rings. The van der Waals surface area contributed by atoms with Gasteiger partial charge in [0.1, 0.15) is 6.29 Å². The Morgan fingerprint density at radius 1 is 1.42 bits per heavy atom. The first-order chi connectivity index (χ1) is 9.26. The van der Waals surface area contributed by atoms with Gasteiger partial charge in [-0.1, -0.05) is 24.3 Å². The standard InChI is InChI=1S/C16H24N2O/c1-17-16-12-18(2)14(8-5-6-10-19)11-13-7-3-4-9-15(13)16/h3-4,7,9-10,14,16-17H,5-6,8,11-12H2,1-2H3. The molecule has 1 aliphatic heterocycles. The first-order valence-electron chi connectivity index (χ1n) is 7.15. The summed E-state index contributed by atoms with van der Waals surface area (Å²) in [6, 6.07) is 9.66. The minimum Gasteiger partial charge on any atom is -0.312 e. The molecule has 0 saturated heterocycles. The van der Waals surface area contributed by atoms with Gasteiger partial charge in [0.25, 0.3) is 0 Å². The van der Waals surface area contributed by atoms with E-state index in [1.165, 1.54) is 11.1 Å². The van der Waals surface area contributed by atoms with Crippen molar-refractivity contribution in [2.24, 2.45) is 0 Å². The van der Waals surface area contributed by atoms with Gasteiger partial charge >= 0.3 is 0 Å². The van der Waals surface area contributed by atoms with E-state index in [9.17, 15) is 4.79 Å². The Morgan fingerprint density at radius 3 is 2.95 bits per heavy atom. The van der Waals surface area contributed by atoms with E-state index in [4.69, 9.17) is 0 Å². The quantitative estimate of drug-likeness (QED) is 0.650. The molecule has 3 nitrogen and oxygen atoms in total. The minimum absolute atomic E-state index is 0.400. The maximum absolute atomic E-state index is 10.5. The number of aldehydes is 1. The molecule has 0 bridgehead atoms. The number of rotatable bonds is 5. The topological polar surface area (TPSA) is 32.3 Å². The average molecular weight is 260 g/mol. The Kier molecular flexibility index (Phi) is 5.11. The van der Waals surface area contributed by atoms with Crippen LogP contribution in [0.15, 0.2) is 24.3 Å². The summed E-state index contributed by atoms with van der Waals surface area (Å²) in [5.74, 6) is 0. The van der Waals surface area contributed by atoms with Gasteiger partial charge in [0.2, 0.25) is 0 Å². The number of fused-ring (bicyclic) bond motifs is 1. The van der Waals surface area contributed by atoms with Crippen LogP contribution in [0.25, 0.3) is 0 Å². The number of benzene rings is 1. The minimum atomic E-state index is 0.400. The van der Waals surface area contributed by atoms with Crippen LogP contribution in [0.3, 0.4) is 0 Å². The van der Waals surface area contributed by atoms with Gasteiger partial charge in [-0.15, -0.1) is 0 Å². The second-order valence-electron chi connectivity index (χ2n) is 5.44. The van der Waals surface area contributed by atoms with Crippen molar-refractivity contribution in [3.05, 3.63) is 35.4 Å². The van der Waals surface area contributed by atoms with Gasteiger partial charge < -0.3 is 15.0 Å². The maximum Gasteiger partial charge on any atom is 0.119 e. The highest BCUT2D eigenvalue weighted by atomic mass is 16.1. The zero-order valence-corrected chi connectivity index (χ0v) is 11.9. The molecule has 19 heavy (non-hydrogen) atoms. The molecule has 0 saturated carbocycles. The molecule has 2 rings (SSSR count). The molecule has 1 aromatic carbocycles. The van der Waals surface area contributed by atoms with Crippen LogP contribution in [0.4, 0.5) is 0 Å². The number of carbonyl (C=O) groups excluding carboxylic acids is 1. The lowest BCUT2D eigenvalue weighted by molar-refractivity contribution is -0.108. The zero-order valence-electron chi connectivity index (χ0n) is 11.9. The molecular formula is C16H24N2O. The summed E-state index contributed by atoms with van der Waals surface area (Å²) in [6.07, 6.45) is 4.89. The van der Waals surface area contributed by atoms with E-state index in [1.54, 1.807) is 0 Å². The van der Waals surface area contributed by atoms with Crippen molar-refractivity contribution >= 4 is 6.29 Å². The number of carbonyl (C=O) groups is 1. The second kappa shape index (κ2) is 6.83. The van der Waals surface area contributed by atoms with Gasteiger partial charge in [-0.05, 0) is 44.5 Å². The number of unbranched alkanes of at least 4 members (excludes halogenated alkanes) is 1. The van der Waals surface area contributed by atoms with Crippen molar-refractivity contribution in [2.75, 3.05) is 20.6 Å². The normalized spacial score (nSPS) is 23.7. The van der Waals surface area contributed by atoms with E-state index in [-0.39, 0.29) is 0 Å². The molecule has 3 heteroatoms. The molecule has 2 atom stereocenters. The summed E-state index contributed by atoms with van der Waals surface area (Å²) < 4.78 is 0. The first-order valence-corrected chi connectivity index (χ1v) is 7.15. The summed E-state index contributed by atoms with van der Waals surface area (Å²) >= 11 is 0. The summed E-state index contributed by atoms with van der Waals surface area (Å²) in [5, 5.41) is 3.42. The molecule has 1 N–H and O–H groups in total. The van der Waals surface area contributed by atoms with Crippen molar-refractivity contribution in [2.45, 2.75) is 37.8 Å². The van der Waals surface area contributed by atoms with Gasteiger partial charge in [-0.3, -0.25) is 0 Å². The lowest BCUT2D eigenvalue weighted by atomic mass is 9.96. The van der Waals surface area contributed by atoms with E-state index in [2.05, 4.69) is 41.5 Å². The molecule has 0 aromatic heterocycles. The van der Waals surface area contributed by atoms with Gasteiger partial charge in [0, 0.05) is 25.0 Å². The number of hydrogen-bond acceptors (Lipinski definition) is 3. The van der Waals surface area contributed by atoms with E-state index in [0.717, 1.165) is 32.1 Å². The van der Waals surface area contributed by atoms with Crippen molar-refractivity contribution in [1.82, 2.24) is 10.2 Å². The van der Waals surface area contributed by atoms with Crippen LogP contribution in [0, 0.1) is 0 Å². The molecule has 0 aliphatic carbocycles. The van der Waals surface area contributed by atoms with Gasteiger partial charge in [0.05, 0.1) is 0 Å². The Morgan fingerprint density at radius 2 is 2.21 bits per heavy atom. The number of hydrogen-bond donors (Lipinski definition) is 1. The fourth-order valence-electron chi connectivity index (χ4n) is 3.01. The first kappa shape index (κ1) is 14.2. The zero-order chi connectivity index (χ0) is 13.7. The predicted molar refractivity (Wildman–Crippen MR) is 78.3 cm³/mol. The molecule has 1 aromatic rings. The third-order valence-electron chi connectivity index (χ3n) is 4.19. The maximum atomic E-state index is 10.5. The highest BCUT2D eigenvalue weighted by Gasteiger charge is 2.25. The lowest BCUT2D eigenvalue weighted by Crippen LogP contribution is -2.36. The Labute approximate surface area is 116 Å². The SMILES string of the molecule is CNC1CN(C)C(CCCC=O)Cc2ccccc21. The molecular weight excluding hydrogens is 236 g/mol. The van der Waals surface area contributed by atoms with Crippen LogP contribution in [0.1, 0.15) is 36.4 Å². The Hall–Kier alpha value is -1.19. The average Bonchev–Trinajstić information content (AvgIpc) is 2.57. The molecule has 104 valence electrons. The highest BCUT2D eigenvalue weighted by Crippen LogP contribution is 2.27. The summed E-state index contributed by atoms with van der Waals surface area (Å²) in [6.45, 7) is 1.03. The monoisotopic (exact) mass is 260 g/mol. The Balaban J connectivity index is 2.16. The highest BCUT2D eigenvalue weighted by molar-refractivity contribution is 5.49. The molecule has 2 unspecified atom stereocenters. The van der Waals surface area contributed by atoms with E-state index in [0.29, 0.717) is 18.5 Å². The molecule has 0 radical (unpaired) electrons.